The molecule has 0 bridgehead atoms. The lowest BCUT2D eigenvalue weighted by Crippen LogP contribution is -2.50. The topological polar surface area (TPSA) is 77.4 Å². The molecular formula is C20H29F3N2O4S. The van der Waals surface area contributed by atoms with Crippen molar-refractivity contribution in [1.82, 2.24) is 9.29 Å². The second kappa shape index (κ2) is 9.00. The molecule has 6 nitrogen and oxygen atoms in total. The average molecular weight is 451 g/mol. The molecule has 0 amide bonds. The van der Waals surface area contributed by atoms with Gasteiger partial charge in [0.25, 0.3) is 5.56 Å². The minimum atomic E-state index is -4.18. The van der Waals surface area contributed by atoms with E-state index in [0.717, 1.165) is 5.69 Å². The van der Waals surface area contributed by atoms with E-state index in [2.05, 4.69) is 4.72 Å². The number of hydrogen-bond donors (Lipinski definition) is 1. The maximum atomic E-state index is 12.9. The van der Waals surface area contributed by atoms with Crippen molar-refractivity contribution in [3.8, 4) is 0 Å². The van der Waals surface area contributed by atoms with Gasteiger partial charge in [0.15, 0.2) is 0 Å². The molecule has 2 atom stereocenters. The molecule has 0 aromatic carbocycles. The van der Waals surface area contributed by atoms with Crippen LogP contribution in [0.1, 0.15) is 56.3 Å². The van der Waals surface area contributed by atoms with Gasteiger partial charge in [0.05, 0.1) is 30.4 Å². The van der Waals surface area contributed by atoms with Crippen LogP contribution in [-0.2, 0) is 21.2 Å². The number of ether oxygens (including phenoxy) is 1. The summed E-state index contributed by atoms with van der Waals surface area (Å²) in [5.74, 6) is -1.36. The molecule has 3 rings (SSSR count). The molecule has 1 aliphatic heterocycles. The van der Waals surface area contributed by atoms with Crippen LogP contribution in [0.15, 0.2) is 16.9 Å². The van der Waals surface area contributed by atoms with Crippen LogP contribution in [0, 0.1) is 12.8 Å². The molecule has 0 spiro atoms. The summed E-state index contributed by atoms with van der Waals surface area (Å²) >= 11 is 0. The van der Waals surface area contributed by atoms with Crippen LogP contribution in [0.4, 0.5) is 13.2 Å². The van der Waals surface area contributed by atoms with Crippen molar-refractivity contribution in [1.29, 1.82) is 0 Å². The highest BCUT2D eigenvalue weighted by Crippen LogP contribution is 2.38. The number of hydrogen-bond acceptors (Lipinski definition) is 4. The first-order valence-corrected chi connectivity index (χ1v) is 12.1. The van der Waals surface area contributed by atoms with E-state index < -0.39 is 34.2 Å². The Morgan fingerprint density at radius 2 is 1.83 bits per heavy atom. The van der Waals surface area contributed by atoms with E-state index in [9.17, 15) is 26.4 Å². The van der Waals surface area contributed by atoms with Crippen molar-refractivity contribution in [2.45, 2.75) is 76.7 Å². The summed E-state index contributed by atoms with van der Waals surface area (Å²) in [4.78, 5) is 12.8. The lowest BCUT2D eigenvalue weighted by molar-refractivity contribution is -0.188. The first-order chi connectivity index (χ1) is 14.0. The lowest BCUT2D eigenvalue weighted by atomic mass is 9.87. The van der Waals surface area contributed by atoms with Gasteiger partial charge in [-0.2, -0.15) is 13.2 Å². The van der Waals surface area contributed by atoms with Crippen molar-refractivity contribution in [3.63, 3.8) is 0 Å². The minimum Gasteiger partial charge on any atom is -0.376 e. The van der Waals surface area contributed by atoms with Crippen LogP contribution in [0.3, 0.4) is 0 Å². The predicted molar refractivity (Wildman–Crippen MR) is 107 cm³/mol. The Hall–Kier alpha value is -1.39. The fourth-order valence-corrected chi connectivity index (χ4v) is 5.27. The number of alkyl halides is 3. The molecule has 170 valence electrons. The maximum absolute atomic E-state index is 12.9. The van der Waals surface area contributed by atoms with E-state index in [0.29, 0.717) is 31.2 Å². The van der Waals surface area contributed by atoms with Gasteiger partial charge in [0.1, 0.15) is 0 Å². The Bertz CT molecular complexity index is 906. The fraction of sp³-hybridized carbons (Fsp3) is 0.750. The maximum Gasteiger partial charge on any atom is 0.391 e. The first-order valence-electron chi connectivity index (χ1n) is 10.4. The van der Waals surface area contributed by atoms with Gasteiger partial charge in [-0.3, -0.25) is 4.79 Å². The number of aryl methyl sites for hydroxylation is 2. The second-order valence-corrected chi connectivity index (χ2v) is 10.3. The van der Waals surface area contributed by atoms with Crippen LogP contribution >= 0.6 is 0 Å². The van der Waals surface area contributed by atoms with Gasteiger partial charge in [-0.05, 0) is 58.4 Å². The zero-order valence-corrected chi connectivity index (χ0v) is 18.1. The van der Waals surface area contributed by atoms with Crippen molar-refractivity contribution in [2.75, 3.05) is 12.4 Å². The van der Waals surface area contributed by atoms with Gasteiger partial charge in [-0.25, -0.2) is 13.1 Å². The molecule has 1 aliphatic carbocycles. The Labute approximate surface area is 174 Å². The summed E-state index contributed by atoms with van der Waals surface area (Å²) in [5, 5.41) is 0. The molecule has 1 aromatic rings. The third-order valence-electron chi connectivity index (χ3n) is 6.25. The van der Waals surface area contributed by atoms with Crippen molar-refractivity contribution in [2.24, 2.45) is 5.92 Å². The van der Waals surface area contributed by atoms with Crippen LogP contribution in [0.25, 0.3) is 0 Å². The standard InChI is InChI=1S/C20H29F3N2O4S/c1-3-30(27,28)24-17-11-8-15-7-4-13(2)19(26)25(15)18(17)12-29-16-9-5-14(6-10-16)20(21,22)23/h4,7,14,16-18,24H,3,5-6,8-12H2,1-2H3. The second-order valence-electron chi connectivity index (χ2n) is 8.27. The van der Waals surface area contributed by atoms with E-state index in [1.165, 1.54) is 0 Å². The summed E-state index contributed by atoms with van der Waals surface area (Å²) in [6.07, 6.45) is -2.76. The first kappa shape index (κ1) is 23.3. The van der Waals surface area contributed by atoms with Crippen LogP contribution < -0.4 is 10.3 Å². The summed E-state index contributed by atoms with van der Waals surface area (Å²) < 4.78 is 73.2. The Balaban J connectivity index is 1.77. The van der Waals surface area contributed by atoms with E-state index in [1.54, 1.807) is 24.5 Å². The molecule has 1 fully saturated rings. The Kier molecular flexibility index (Phi) is 6.98. The van der Waals surface area contributed by atoms with Gasteiger partial charge < -0.3 is 9.30 Å². The number of pyridine rings is 1. The van der Waals surface area contributed by atoms with Gasteiger partial charge in [-0.15, -0.1) is 0 Å². The molecule has 2 unspecified atom stereocenters. The molecule has 1 aromatic heterocycles. The largest absolute Gasteiger partial charge is 0.391 e. The SMILES string of the molecule is CCS(=O)(=O)NC1CCc2ccc(C)c(=O)n2C1COC1CCC(C(F)(F)F)CC1. The highest BCUT2D eigenvalue weighted by atomic mass is 32.2. The fourth-order valence-electron chi connectivity index (χ4n) is 4.37. The van der Waals surface area contributed by atoms with Crippen molar-refractivity contribution in [3.05, 3.63) is 33.7 Å². The van der Waals surface area contributed by atoms with Gasteiger partial charge in [0, 0.05) is 17.3 Å². The third kappa shape index (κ3) is 5.26. The van der Waals surface area contributed by atoms with Gasteiger partial charge >= 0.3 is 6.18 Å². The average Bonchev–Trinajstić information content (AvgIpc) is 2.69. The predicted octanol–water partition coefficient (Wildman–Crippen LogP) is 3.09. The monoisotopic (exact) mass is 450 g/mol. The van der Waals surface area contributed by atoms with Crippen LogP contribution in [-0.4, -0.2) is 43.7 Å². The molecule has 2 aliphatic rings. The molecule has 10 heteroatoms. The lowest BCUT2D eigenvalue weighted by Gasteiger charge is -2.37. The number of nitrogens with one attached hydrogen (secondary N) is 1. The number of rotatable bonds is 6. The zero-order valence-electron chi connectivity index (χ0n) is 17.2. The van der Waals surface area contributed by atoms with Gasteiger partial charge in [0.2, 0.25) is 10.0 Å². The highest BCUT2D eigenvalue weighted by Gasteiger charge is 2.42. The molecule has 0 saturated heterocycles. The number of sulfonamides is 1. The molecule has 2 heterocycles. The van der Waals surface area contributed by atoms with E-state index in [4.69, 9.17) is 4.74 Å². The molecule has 30 heavy (non-hydrogen) atoms. The normalized spacial score (nSPS) is 27.6. The molecular weight excluding hydrogens is 421 g/mol. The molecule has 1 N–H and O–H groups in total. The summed E-state index contributed by atoms with van der Waals surface area (Å²) in [5.41, 5.74) is 1.17. The summed E-state index contributed by atoms with van der Waals surface area (Å²) in [6.45, 7) is 3.32. The Morgan fingerprint density at radius 3 is 2.43 bits per heavy atom. The van der Waals surface area contributed by atoms with E-state index >= 15 is 0 Å². The van der Waals surface area contributed by atoms with Crippen molar-refractivity contribution >= 4 is 10.0 Å². The van der Waals surface area contributed by atoms with E-state index in [1.807, 2.05) is 6.07 Å². The minimum absolute atomic E-state index is 0.0281. The van der Waals surface area contributed by atoms with Crippen LogP contribution in [0.2, 0.25) is 0 Å². The number of aromatic nitrogens is 1. The quantitative estimate of drug-likeness (QED) is 0.723. The number of nitrogens with zero attached hydrogens (tertiary/aromatic N) is 1. The smallest absolute Gasteiger partial charge is 0.376 e. The van der Waals surface area contributed by atoms with Crippen LogP contribution in [0.5, 0.6) is 0 Å². The number of fused-ring (bicyclic) bond motifs is 1. The van der Waals surface area contributed by atoms with Crippen molar-refractivity contribution < 1.29 is 26.3 Å². The number of halogens is 3. The van der Waals surface area contributed by atoms with Gasteiger partial charge in [-0.1, -0.05) is 6.07 Å². The summed E-state index contributed by atoms with van der Waals surface area (Å²) in [6, 6.07) is 2.57. The molecule has 0 radical (unpaired) electrons. The summed E-state index contributed by atoms with van der Waals surface area (Å²) in [7, 11) is -3.49. The highest BCUT2D eigenvalue weighted by molar-refractivity contribution is 7.89. The Morgan fingerprint density at radius 1 is 1.17 bits per heavy atom. The van der Waals surface area contributed by atoms with E-state index in [-0.39, 0.29) is 36.9 Å². The zero-order chi connectivity index (χ0) is 22.1. The molecule has 1 saturated carbocycles. The third-order valence-corrected chi connectivity index (χ3v) is 7.67.